The van der Waals surface area contributed by atoms with Crippen LogP contribution < -0.4 is 5.73 Å². The second-order valence-corrected chi connectivity index (χ2v) is 4.37. The van der Waals surface area contributed by atoms with Crippen LogP contribution in [0.3, 0.4) is 0 Å². The van der Waals surface area contributed by atoms with Crippen molar-refractivity contribution in [1.82, 2.24) is 9.78 Å². The van der Waals surface area contributed by atoms with Gasteiger partial charge in [0.25, 0.3) is 0 Å². The zero-order valence-electron chi connectivity index (χ0n) is 9.71. The third-order valence-corrected chi connectivity index (χ3v) is 3.02. The standard InChI is InChI=1S/C13H15N3S/c1-2-12(13(14)17)16-9-11(8-15-16)10-6-4-3-5-7-10/h3-9,12H,2H2,1H3,(H2,14,17). The largest absolute Gasteiger partial charge is 0.392 e. The van der Waals surface area contributed by atoms with Crippen molar-refractivity contribution in [3.8, 4) is 11.1 Å². The number of aromatic nitrogens is 2. The van der Waals surface area contributed by atoms with Gasteiger partial charge in [-0.25, -0.2) is 0 Å². The maximum atomic E-state index is 5.70. The van der Waals surface area contributed by atoms with Gasteiger partial charge in [0, 0.05) is 11.8 Å². The average Bonchev–Trinajstić information content (AvgIpc) is 2.80. The number of hydrogen-bond acceptors (Lipinski definition) is 2. The summed E-state index contributed by atoms with van der Waals surface area (Å²) in [5.74, 6) is 0. The summed E-state index contributed by atoms with van der Waals surface area (Å²) in [4.78, 5) is 0.482. The van der Waals surface area contributed by atoms with Gasteiger partial charge in [-0.15, -0.1) is 0 Å². The lowest BCUT2D eigenvalue weighted by Gasteiger charge is -2.13. The van der Waals surface area contributed by atoms with Crippen molar-refractivity contribution in [3.05, 3.63) is 42.7 Å². The van der Waals surface area contributed by atoms with Gasteiger partial charge in [-0.3, -0.25) is 4.68 Å². The van der Waals surface area contributed by atoms with Gasteiger partial charge >= 0.3 is 0 Å². The van der Waals surface area contributed by atoms with Crippen LogP contribution in [0.4, 0.5) is 0 Å². The minimum absolute atomic E-state index is 0.00228. The molecule has 88 valence electrons. The Balaban J connectivity index is 2.30. The molecule has 4 heteroatoms. The molecule has 0 amide bonds. The minimum atomic E-state index is 0.00228. The van der Waals surface area contributed by atoms with E-state index < -0.39 is 0 Å². The molecule has 0 radical (unpaired) electrons. The molecule has 2 aromatic rings. The Labute approximate surface area is 106 Å². The fourth-order valence-corrected chi connectivity index (χ4v) is 2.08. The molecule has 1 unspecified atom stereocenters. The lowest BCUT2D eigenvalue weighted by Crippen LogP contribution is -2.24. The highest BCUT2D eigenvalue weighted by molar-refractivity contribution is 7.80. The molecule has 3 nitrogen and oxygen atoms in total. The molecular weight excluding hydrogens is 230 g/mol. The number of nitrogens with two attached hydrogens (primary N) is 1. The van der Waals surface area contributed by atoms with Crippen molar-refractivity contribution < 1.29 is 0 Å². The van der Waals surface area contributed by atoms with E-state index in [1.807, 2.05) is 42.2 Å². The lowest BCUT2D eigenvalue weighted by molar-refractivity contribution is 0.554. The Morgan fingerprint density at radius 1 is 1.35 bits per heavy atom. The number of thiocarbonyl (C=S) groups is 1. The summed E-state index contributed by atoms with van der Waals surface area (Å²) in [5, 5.41) is 4.33. The predicted molar refractivity (Wildman–Crippen MR) is 73.8 cm³/mol. The molecule has 0 aliphatic carbocycles. The van der Waals surface area contributed by atoms with Crippen LogP contribution in [0.15, 0.2) is 42.7 Å². The van der Waals surface area contributed by atoms with E-state index in [-0.39, 0.29) is 6.04 Å². The first kappa shape index (κ1) is 11.8. The number of nitrogens with zero attached hydrogens (tertiary/aromatic N) is 2. The molecule has 0 aliphatic heterocycles. The highest BCUT2D eigenvalue weighted by Gasteiger charge is 2.13. The number of rotatable bonds is 4. The molecule has 1 aromatic heterocycles. The molecule has 17 heavy (non-hydrogen) atoms. The topological polar surface area (TPSA) is 43.8 Å². The Morgan fingerprint density at radius 3 is 2.65 bits per heavy atom. The molecular formula is C13H15N3S. The van der Waals surface area contributed by atoms with E-state index in [1.54, 1.807) is 0 Å². The van der Waals surface area contributed by atoms with E-state index in [0.717, 1.165) is 17.5 Å². The van der Waals surface area contributed by atoms with Crippen molar-refractivity contribution >= 4 is 17.2 Å². The molecule has 2 N–H and O–H groups in total. The van der Waals surface area contributed by atoms with Crippen molar-refractivity contribution in [3.63, 3.8) is 0 Å². The van der Waals surface area contributed by atoms with Crippen LogP contribution in [-0.4, -0.2) is 14.8 Å². The Kier molecular flexibility index (Phi) is 3.54. The summed E-state index contributed by atoms with van der Waals surface area (Å²) < 4.78 is 1.84. The summed E-state index contributed by atoms with van der Waals surface area (Å²) in [7, 11) is 0. The third-order valence-electron chi connectivity index (χ3n) is 2.74. The van der Waals surface area contributed by atoms with E-state index in [1.165, 1.54) is 0 Å². The van der Waals surface area contributed by atoms with Crippen LogP contribution in [0.1, 0.15) is 19.4 Å². The van der Waals surface area contributed by atoms with Crippen LogP contribution in [0.2, 0.25) is 0 Å². The molecule has 0 spiro atoms. The van der Waals surface area contributed by atoms with Gasteiger partial charge in [0.2, 0.25) is 0 Å². The first-order valence-corrected chi connectivity index (χ1v) is 6.02. The van der Waals surface area contributed by atoms with Crippen molar-refractivity contribution in [2.75, 3.05) is 0 Å². The van der Waals surface area contributed by atoms with Gasteiger partial charge in [0.1, 0.15) is 6.04 Å². The van der Waals surface area contributed by atoms with Crippen molar-refractivity contribution in [2.24, 2.45) is 5.73 Å². The Morgan fingerprint density at radius 2 is 2.06 bits per heavy atom. The van der Waals surface area contributed by atoms with Gasteiger partial charge in [-0.05, 0) is 12.0 Å². The monoisotopic (exact) mass is 245 g/mol. The van der Waals surface area contributed by atoms with Gasteiger partial charge in [-0.1, -0.05) is 49.5 Å². The molecule has 0 fully saturated rings. The summed E-state index contributed by atoms with van der Waals surface area (Å²) >= 11 is 5.04. The highest BCUT2D eigenvalue weighted by Crippen LogP contribution is 2.20. The molecule has 0 aliphatic rings. The van der Waals surface area contributed by atoms with Crippen LogP contribution >= 0.6 is 12.2 Å². The summed E-state index contributed by atoms with van der Waals surface area (Å²) in [6.07, 6.45) is 4.68. The van der Waals surface area contributed by atoms with E-state index in [9.17, 15) is 0 Å². The molecule has 0 saturated carbocycles. The fraction of sp³-hybridized carbons (Fsp3) is 0.231. The van der Waals surface area contributed by atoms with Gasteiger partial charge in [0.15, 0.2) is 0 Å². The van der Waals surface area contributed by atoms with Crippen LogP contribution in [0.25, 0.3) is 11.1 Å². The normalized spacial score (nSPS) is 12.3. The minimum Gasteiger partial charge on any atom is -0.392 e. The molecule has 1 atom stereocenters. The van der Waals surface area contributed by atoms with Gasteiger partial charge in [-0.2, -0.15) is 5.10 Å². The Hall–Kier alpha value is -1.68. The Bertz CT molecular complexity index is 504. The summed E-state index contributed by atoms with van der Waals surface area (Å²) in [6, 6.07) is 10.1. The van der Waals surface area contributed by atoms with Crippen LogP contribution in [0, 0.1) is 0 Å². The lowest BCUT2D eigenvalue weighted by atomic mass is 10.1. The van der Waals surface area contributed by atoms with Crippen molar-refractivity contribution in [1.29, 1.82) is 0 Å². The van der Waals surface area contributed by atoms with Crippen molar-refractivity contribution in [2.45, 2.75) is 19.4 Å². The van der Waals surface area contributed by atoms with E-state index in [0.29, 0.717) is 4.99 Å². The van der Waals surface area contributed by atoms with Gasteiger partial charge in [0.05, 0.1) is 11.2 Å². The molecule has 1 aromatic carbocycles. The molecule has 0 saturated heterocycles. The molecule has 2 rings (SSSR count). The SMILES string of the molecule is CCC(C(N)=S)n1cc(-c2ccccc2)cn1. The zero-order valence-corrected chi connectivity index (χ0v) is 10.5. The summed E-state index contributed by atoms with van der Waals surface area (Å²) in [5.41, 5.74) is 7.93. The van der Waals surface area contributed by atoms with Crippen LogP contribution in [-0.2, 0) is 0 Å². The second-order valence-electron chi connectivity index (χ2n) is 3.90. The average molecular weight is 245 g/mol. The number of hydrogen-bond donors (Lipinski definition) is 1. The number of benzene rings is 1. The van der Waals surface area contributed by atoms with E-state index >= 15 is 0 Å². The predicted octanol–water partition coefficient (Wildman–Crippen LogP) is 2.79. The third kappa shape index (κ3) is 2.53. The fourth-order valence-electron chi connectivity index (χ4n) is 1.81. The first-order valence-electron chi connectivity index (χ1n) is 5.61. The maximum Gasteiger partial charge on any atom is 0.101 e. The molecule has 1 heterocycles. The second kappa shape index (κ2) is 5.10. The van der Waals surface area contributed by atoms with E-state index in [4.69, 9.17) is 18.0 Å². The maximum absolute atomic E-state index is 5.70. The van der Waals surface area contributed by atoms with Crippen LogP contribution in [0.5, 0.6) is 0 Å². The van der Waals surface area contributed by atoms with Gasteiger partial charge < -0.3 is 5.73 Å². The first-order chi connectivity index (χ1) is 8.22. The van der Waals surface area contributed by atoms with E-state index in [2.05, 4.69) is 17.2 Å². The molecule has 0 bridgehead atoms. The smallest absolute Gasteiger partial charge is 0.101 e. The quantitative estimate of drug-likeness (QED) is 0.842. The highest BCUT2D eigenvalue weighted by atomic mass is 32.1. The summed E-state index contributed by atoms with van der Waals surface area (Å²) in [6.45, 7) is 2.05. The zero-order chi connectivity index (χ0) is 12.3.